The van der Waals surface area contributed by atoms with Crippen molar-refractivity contribution in [3.63, 3.8) is 0 Å². The Labute approximate surface area is 267 Å². The molecule has 0 saturated heterocycles. The van der Waals surface area contributed by atoms with E-state index in [1.165, 1.54) is 54.5 Å². The van der Waals surface area contributed by atoms with Crippen molar-refractivity contribution in [2.75, 3.05) is 11.6 Å². The third-order valence-electron chi connectivity index (χ3n) is 7.03. The molecule has 0 bridgehead atoms. The van der Waals surface area contributed by atoms with Crippen LogP contribution in [0.3, 0.4) is 0 Å². The monoisotopic (exact) mass is 699 g/mol. The van der Waals surface area contributed by atoms with Gasteiger partial charge in [-0.3, -0.25) is 0 Å². The predicted octanol–water partition coefficient (Wildman–Crippen LogP) is 8.95. The third-order valence-corrected chi connectivity index (χ3v) is 7.03. The first kappa shape index (κ1) is 34.7. The SMILES string of the molecule is C1=CCCCCC=C1.Cc1cc(C)c(N2C=CN(Cc3ccc(C(=O)Oc4c(F)c(F)c(F)c(F)c4F)cc3)C2)c(C)c1.[Rh]. The van der Waals surface area contributed by atoms with Gasteiger partial charge in [-0.1, -0.05) is 54.1 Å². The molecule has 0 N–H and O–H groups in total. The Hall–Kier alpha value is -3.78. The number of esters is 1. The molecule has 0 aromatic heterocycles. The molecule has 0 amide bonds. The second-order valence-electron chi connectivity index (χ2n) is 10.5. The summed E-state index contributed by atoms with van der Waals surface area (Å²) in [4.78, 5) is 16.4. The van der Waals surface area contributed by atoms with E-state index in [0.717, 1.165) is 11.3 Å². The van der Waals surface area contributed by atoms with E-state index < -0.39 is 40.8 Å². The minimum absolute atomic E-state index is 0. The van der Waals surface area contributed by atoms with Gasteiger partial charge in [-0.25, -0.2) is 18.0 Å². The molecule has 4 nitrogen and oxygen atoms in total. The van der Waals surface area contributed by atoms with Crippen molar-refractivity contribution in [3.8, 4) is 5.75 Å². The first-order valence-corrected chi connectivity index (χ1v) is 14.0. The fourth-order valence-corrected chi connectivity index (χ4v) is 5.02. The molecular weight excluding hydrogens is 666 g/mol. The van der Waals surface area contributed by atoms with Crippen molar-refractivity contribution < 1.29 is 51.0 Å². The summed E-state index contributed by atoms with van der Waals surface area (Å²) in [6.07, 6.45) is 17.9. The molecule has 2 aliphatic rings. The van der Waals surface area contributed by atoms with Gasteiger partial charge in [0.05, 0.1) is 12.2 Å². The van der Waals surface area contributed by atoms with Crippen molar-refractivity contribution in [1.82, 2.24) is 4.90 Å². The first-order valence-electron chi connectivity index (χ1n) is 14.0. The van der Waals surface area contributed by atoms with Gasteiger partial charge in [0, 0.05) is 44.1 Å². The van der Waals surface area contributed by atoms with E-state index in [0.29, 0.717) is 13.2 Å². The van der Waals surface area contributed by atoms with Crippen molar-refractivity contribution in [2.24, 2.45) is 0 Å². The minimum atomic E-state index is -2.33. The van der Waals surface area contributed by atoms with Crippen LogP contribution in [0.15, 0.2) is 73.1 Å². The van der Waals surface area contributed by atoms with Crippen LogP contribution in [0.1, 0.15) is 58.3 Å². The predicted molar refractivity (Wildman–Crippen MR) is 157 cm³/mol. The molecule has 0 saturated carbocycles. The summed E-state index contributed by atoms with van der Waals surface area (Å²) in [5, 5.41) is 0. The normalized spacial score (nSPS) is 14.0. The second-order valence-corrected chi connectivity index (χ2v) is 10.5. The van der Waals surface area contributed by atoms with Crippen LogP contribution in [0, 0.1) is 49.9 Å². The van der Waals surface area contributed by atoms with Gasteiger partial charge >= 0.3 is 5.97 Å². The van der Waals surface area contributed by atoms with Crippen LogP contribution in [0.5, 0.6) is 5.75 Å². The van der Waals surface area contributed by atoms with Crippen molar-refractivity contribution in [2.45, 2.75) is 53.0 Å². The van der Waals surface area contributed by atoms with E-state index in [9.17, 15) is 26.7 Å². The number of halogens is 5. The Morgan fingerprint density at radius 1 is 0.773 bits per heavy atom. The molecule has 0 unspecified atom stereocenters. The average Bonchev–Trinajstić information content (AvgIpc) is 3.40. The van der Waals surface area contributed by atoms with Gasteiger partial charge < -0.3 is 14.5 Å². The number of carbonyl (C=O) groups excluding carboxylic acids is 1. The number of allylic oxidation sites excluding steroid dienone is 4. The van der Waals surface area contributed by atoms with Crippen LogP contribution in [-0.4, -0.2) is 17.5 Å². The van der Waals surface area contributed by atoms with Crippen LogP contribution in [0.2, 0.25) is 0 Å². The van der Waals surface area contributed by atoms with Gasteiger partial charge in [0.2, 0.25) is 34.8 Å². The summed E-state index contributed by atoms with van der Waals surface area (Å²) in [7, 11) is 0. The molecule has 3 aromatic rings. The summed E-state index contributed by atoms with van der Waals surface area (Å²) in [6, 6.07) is 10.2. The maximum absolute atomic E-state index is 13.8. The van der Waals surface area contributed by atoms with Crippen LogP contribution in [0.25, 0.3) is 0 Å². The summed E-state index contributed by atoms with van der Waals surface area (Å²) >= 11 is 0. The zero-order valence-corrected chi connectivity index (χ0v) is 26.2. The molecule has 3 aromatic carbocycles. The van der Waals surface area contributed by atoms with E-state index in [4.69, 9.17) is 0 Å². The Balaban J connectivity index is 0.000000511. The van der Waals surface area contributed by atoms with Crippen molar-refractivity contribution >= 4 is 11.7 Å². The Morgan fingerprint density at radius 2 is 1.30 bits per heavy atom. The molecule has 235 valence electrons. The quantitative estimate of drug-likeness (QED) is 0.0665. The summed E-state index contributed by atoms with van der Waals surface area (Å²) in [5.41, 5.74) is 5.41. The van der Waals surface area contributed by atoms with Crippen LogP contribution >= 0.6 is 0 Å². The van der Waals surface area contributed by atoms with Crippen LogP contribution in [-0.2, 0) is 26.0 Å². The zero-order valence-electron chi connectivity index (χ0n) is 24.6. The molecule has 5 rings (SSSR count). The third kappa shape index (κ3) is 8.44. The fourth-order valence-electron chi connectivity index (χ4n) is 5.02. The van der Waals surface area contributed by atoms with Crippen molar-refractivity contribution in [1.29, 1.82) is 0 Å². The fraction of sp³-hybridized carbons (Fsp3) is 0.265. The summed E-state index contributed by atoms with van der Waals surface area (Å²) < 4.78 is 71.9. The second kappa shape index (κ2) is 15.8. The van der Waals surface area contributed by atoms with Gasteiger partial charge in [-0.2, -0.15) is 8.78 Å². The van der Waals surface area contributed by atoms with Crippen molar-refractivity contribution in [3.05, 3.63) is 130 Å². The summed E-state index contributed by atoms with van der Waals surface area (Å²) in [5.74, 6) is -14.0. The molecule has 0 spiro atoms. The number of carbonyl (C=O) groups is 1. The van der Waals surface area contributed by atoms with E-state index in [1.54, 1.807) is 12.1 Å². The number of hydrogen-bond acceptors (Lipinski definition) is 4. The molecular formula is C34H33F5N2O2Rh. The molecule has 1 aliphatic heterocycles. The molecule has 1 radical (unpaired) electrons. The maximum atomic E-state index is 13.8. The standard InChI is InChI=1S/C26H21F5N2O2.C8H12.Rh/c1-14-10-15(2)24(16(3)11-14)33-9-8-32(13-33)12-17-4-6-18(7-5-17)26(34)35-25-22(30)20(28)19(27)21(29)23(25)31;1-2-4-6-8-7-5-3-1;/h4-11H,12-13H2,1-3H3;1-4H,5-8H2;. The molecule has 0 atom stereocenters. The number of anilines is 1. The summed E-state index contributed by atoms with van der Waals surface area (Å²) in [6.45, 7) is 7.32. The molecule has 1 aliphatic carbocycles. The number of nitrogens with zero attached hydrogens (tertiary/aromatic N) is 2. The topological polar surface area (TPSA) is 32.8 Å². The van der Waals surface area contributed by atoms with E-state index >= 15 is 0 Å². The molecule has 0 fully saturated rings. The number of aryl methyl sites for hydroxylation is 3. The van der Waals surface area contributed by atoms with Gasteiger partial charge in [0.25, 0.3) is 0 Å². The maximum Gasteiger partial charge on any atom is 0.343 e. The first-order chi connectivity index (χ1) is 20.6. The number of benzene rings is 3. The average molecular weight is 700 g/mol. The Morgan fingerprint density at radius 3 is 1.84 bits per heavy atom. The Kier molecular flexibility index (Phi) is 12.5. The number of ether oxygens (including phenoxy) is 1. The smallest absolute Gasteiger partial charge is 0.343 e. The van der Waals surface area contributed by atoms with Crippen LogP contribution in [0.4, 0.5) is 27.6 Å². The van der Waals surface area contributed by atoms with Gasteiger partial charge in [-0.05, 0) is 75.3 Å². The van der Waals surface area contributed by atoms with Gasteiger partial charge in [-0.15, -0.1) is 0 Å². The Bertz CT molecular complexity index is 1500. The van der Waals surface area contributed by atoms with E-state index in [1.807, 2.05) is 12.4 Å². The molecule has 44 heavy (non-hydrogen) atoms. The van der Waals surface area contributed by atoms with Gasteiger partial charge in [0.1, 0.15) is 0 Å². The minimum Gasteiger partial charge on any atom is -0.416 e. The number of rotatable bonds is 5. The molecule has 10 heteroatoms. The molecule has 1 heterocycles. The largest absolute Gasteiger partial charge is 0.416 e. The van der Waals surface area contributed by atoms with Gasteiger partial charge in [0.15, 0.2) is 0 Å². The van der Waals surface area contributed by atoms with E-state index in [-0.39, 0.29) is 25.0 Å². The zero-order chi connectivity index (χ0) is 31.1. The van der Waals surface area contributed by atoms with E-state index in [2.05, 4.69) is 71.7 Å². The van der Waals surface area contributed by atoms with Crippen LogP contribution < -0.4 is 9.64 Å². The number of hydrogen-bond donors (Lipinski definition) is 0.